The molecule has 0 aliphatic carbocycles. The van der Waals surface area contributed by atoms with E-state index in [0.29, 0.717) is 10.6 Å². The van der Waals surface area contributed by atoms with E-state index in [1.807, 2.05) is 32.9 Å². The van der Waals surface area contributed by atoms with Gasteiger partial charge in [0.2, 0.25) is 11.8 Å². The van der Waals surface area contributed by atoms with Gasteiger partial charge >= 0.3 is 0 Å². The molecule has 2 rings (SSSR count). The Balaban J connectivity index is 1.75. The highest BCUT2D eigenvalue weighted by molar-refractivity contribution is 7.99. The highest BCUT2D eigenvalue weighted by atomic mass is 32.2. The minimum absolute atomic E-state index is 0.0873. The van der Waals surface area contributed by atoms with Crippen LogP contribution in [0.15, 0.2) is 41.3 Å². The number of amides is 2. The quantitative estimate of drug-likeness (QED) is 0.721. The molecule has 138 valence electrons. The Kier molecular flexibility index (Phi) is 7.21. The van der Waals surface area contributed by atoms with E-state index in [2.05, 4.69) is 10.6 Å². The van der Waals surface area contributed by atoms with E-state index in [4.69, 9.17) is 0 Å². The lowest BCUT2D eigenvalue weighted by Crippen LogP contribution is -2.33. The molecule has 0 atom stereocenters. The van der Waals surface area contributed by atoms with Crippen molar-refractivity contribution in [3.05, 3.63) is 58.9 Å². The summed E-state index contributed by atoms with van der Waals surface area (Å²) in [6.07, 6.45) is 0.217. The molecule has 2 amide bonds. The van der Waals surface area contributed by atoms with Crippen molar-refractivity contribution >= 4 is 29.3 Å². The number of hydrogen-bond donors (Lipinski definition) is 2. The summed E-state index contributed by atoms with van der Waals surface area (Å²) in [6.45, 7) is 5.80. The van der Waals surface area contributed by atoms with Crippen molar-refractivity contribution < 1.29 is 14.0 Å². The van der Waals surface area contributed by atoms with Crippen LogP contribution in [0.1, 0.15) is 23.1 Å². The maximum atomic E-state index is 13.5. The first kappa shape index (κ1) is 20.0. The van der Waals surface area contributed by atoms with Crippen LogP contribution in [0.3, 0.4) is 0 Å². The van der Waals surface area contributed by atoms with Gasteiger partial charge in [-0.3, -0.25) is 9.59 Å². The molecule has 0 spiro atoms. The van der Waals surface area contributed by atoms with Crippen molar-refractivity contribution in [2.45, 2.75) is 32.1 Å². The molecular formula is C20H23FN2O2S. The Morgan fingerprint density at radius 1 is 1.04 bits per heavy atom. The second kappa shape index (κ2) is 9.38. The van der Waals surface area contributed by atoms with Crippen LogP contribution in [0.4, 0.5) is 10.1 Å². The average Bonchev–Trinajstić information content (AvgIpc) is 2.58. The van der Waals surface area contributed by atoms with Gasteiger partial charge in [-0.25, -0.2) is 4.39 Å². The number of rotatable bonds is 7. The summed E-state index contributed by atoms with van der Waals surface area (Å²) in [5.74, 6) is -0.345. The van der Waals surface area contributed by atoms with Crippen molar-refractivity contribution in [1.82, 2.24) is 5.32 Å². The van der Waals surface area contributed by atoms with Crippen LogP contribution >= 0.6 is 11.8 Å². The van der Waals surface area contributed by atoms with Crippen molar-refractivity contribution in [2.75, 3.05) is 17.6 Å². The minimum atomic E-state index is -0.291. The van der Waals surface area contributed by atoms with Crippen LogP contribution in [0, 0.1) is 26.6 Å². The molecule has 0 saturated heterocycles. The Morgan fingerprint density at radius 3 is 2.35 bits per heavy atom. The highest BCUT2D eigenvalue weighted by Gasteiger charge is 2.10. The molecule has 0 fully saturated rings. The predicted octanol–water partition coefficient (Wildman–Crippen LogP) is 3.99. The number of thioether (sulfide) groups is 1. The van der Waals surface area contributed by atoms with E-state index in [9.17, 15) is 14.0 Å². The SMILES string of the molecule is Cc1cc(C)c(NC(=O)CNC(=O)CCSc2ccccc2F)c(C)c1. The Labute approximate surface area is 157 Å². The third-order valence-corrected chi connectivity index (χ3v) is 4.86. The van der Waals surface area contributed by atoms with Gasteiger partial charge in [0, 0.05) is 22.8 Å². The molecule has 6 heteroatoms. The van der Waals surface area contributed by atoms with Gasteiger partial charge in [-0.1, -0.05) is 29.8 Å². The Hall–Kier alpha value is -2.34. The van der Waals surface area contributed by atoms with Gasteiger partial charge < -0.3 is 10.6 Å². The summed E-state index contributed by atoms with van der Waals surface area (Å²) < 4.78 is 13.5. The van der Waals surface area contributed by atoms with Crippen LogP contribution < -0.4 is 10.6 Å². The number of halogens is 1. The zero-order valence-electron chi connectivity index (χ0n) is 15.2. The van der Waals surface area contributed by atoms with Gasteiger partial charge in [0.1, 0.15) is 5.82 Å². The molecule has 0 heterocycles. The van der Waals surface area contributed by atoms with Gasteiger partial charge in [0.15, 0.2) is 0 Å². The van der Waals surface area contributed by atoms with Gasteiger partial charge in [-0.15, -0.1) is 11.8 Å². The summed E-state index contributed by atoms with van der Waals surface area (Å²) in [5, 5.41) is 5.44. The van der Waals surface area contributed by atoms with Crippen LogP contribution in [-0.2, 0) is 9.59 Å². The summed E-state index contributed by atoms with van der Waals surface area (Å²) in [6, 6.07) is 10.5. The fraction of sp³-hybridized carbons (Fsp3) is 0.300. The Bertz CT molecular complexity index is 785. The third kappa shape index (κ3) is 5.88. The molecule has 2 aromatic carbocycles. The van der Waals surface area contributed by atoms with Crippen LogP contribution in [0.2, 0.25) is 0 Å². The van der Waals surface area contributed by atoms with Crippen molar-refractivity contribution in [1.29, 1.82) is 0 Å². The normalized spacial score (nSPS) is 10.5. The lowest BCUT2D eigenvalue weighted by Gasteiger charge is -2.13. The van der Waals surface area contributed by atoms with Crippen molar-refractivity contribution in [3.63, 3.8) is 0 Å². The Morgan fingerprint density at radius 2 is 1.69 bits per heavy atom. The number of carbonyl (C=O) groups excluding carboxylic acids is 2. The summed E-state index contributed by atoms with van der Waals surface area (Å²) in [5.41, 5.74) is 3.90. The molecule has 0 radical (unpaired) electrons. The number of aryl methyl sites for hydroxylation is 3. The molecule has 2 N–H and O–H groups in total. The molecular weight excluding hydrogens is 351 g/mol. The van der Waals surface area contributed by atoms with Crippen molar-refractivity contribution in [3.8, 4) is 0 Å². The fourth-order valence-electron chi connectivity index (χ4n) is 2.64. The lowest BCUT2D eigenvalue weighted by molar-refractivity contribution is -0.123. The number of benzene rings is 2. The number of nitrogens with one attached hydrogen (secondary N) is 2. The van der Waals surface area contributed by atoms with Crippen LogP contribution in [-0.4, -0.2) is 24.1 Å². The molecule has 0 bridgehead atoms. The standard InChI is InChI=1S/C20H23FN2O2S/c1-13-10-14(2)20(15(3)11-13)23-19(25)12-22-18(24)8-9-26-17-7-5-4-6-16(17)21/h4-7,10-11H,8-9,12H2,1-3H3,(H,22,24)(H,23,25). The van der Waals surface area contributed by atoms with E-state index in [0.717, 1.165) is 22.4 Å². The van der Waals surface area contributed by atoms with E-state index < -0.39 is 0 Å². The molecule has 4 nitrogen and oxygen atoms in total. The number of hydrogen-bond acceptors (Lipinski definition) is 3. The van der Waals surface area contributed by atoms with Crippen molar-refractivity contribution in [2.24, 2.45) is 0 Å². The number of carbonyl (C=O) groups is 2. The van der Waals surface area contributed by atoms with Crippen LogP contribution in [0.5, 0.6) is 0 Å². The molecule has 0 aliphatic heterocycles. The molecule has 26 heavy (non-hydrogen) atoms. The fourth-order valence-corrected chi connectivity index (χ4v) is 3.53. The average molecular weight is 374 g/mol. The van der Waals surface area contributed by atoms with Gasteiger partial charge in [0.25, 0.3) is 0 Å². The minimum Gasteiger partial charge on any atom is -0.347 e. The maximum Gasteiger partial charge on any atom is 0.243 e. The second-order valence-electron chi connectivity index (χ2n) is 6.13. The maximum absolute atomic E-state index is 13.5. The second-order valence-corrected chi connectivity index (χ2v) is 7.26. The summed E-state index contributed by atoms with van der Waals surface area (Å²) in [7, 11) is 0. The smallest absolute Gasteiger partial charge is 0.243 e. The zero-order valence-corrected chi connectivity index (χ0v) is 16.0. The van der Waals surface area contributed by atoms with E-state index >= 15 is 0 Å². The highest BCUT2D eigenvalue weighted by Crippen LogP contribution is 2.22. The largest absolute Gasteiger partial charge is 0.347 e. The third-order valence-electron chi connectivity index (χ3n) is 3.81. The monoisotopic (exact) mass is 374 g/mol. The number of anilines is 1. The lowest BCUT2D eigenvalue weighted by atomic mass is 10.1. The van der Waals surface area contributed by atoms with E-state index in [1.54, 1.807) is 18.2 Å². The summed E-state index contributed by atoms with van der Waals surface area (Å²) in [4.78, 5) is 24.4. The van der Waals surface area contributed by atoms with Gasteiger partial charge in [-0.05, 0) is 44.0 Å². The molecule has 2 aromatic rings. The van der Waals surface area contributed by atoms with E-state index in [-0.39, 0.29) is 30.6 Å². The first-order chi connectivity index (χ1) is 12.4. The molecule has 0 unspecified atom stereocenters. The van der Waals surface area contributed by atoms with E-state index in [1.165, 1.54) is 17.8 Å². The molecule has 0 aliphatic rings. The van der Waals surface area contributed by atoms with Gasteiger partial charge in [-0.2, -0.15) is 0 Å². The summed E-state index contributed by atoms with van der Waals surface area (Å²) >= 11 is 1.28. The molecule has 0 saturated carbocycles. The zero-order chi connectivity index (χ0) is 19.1. The first-order valence-corrected chi connectivity index (χ1v) is 9.37. The predicted molar refractivity (Wildman–Crippen MR) is 104 cm³/mol. The first-order valence-electron chi connectivity index (χ1n) is 8.38. The topological polar surface area (TPSA) is 58.2 Å². The molecule has 0 aromatic heterocycles. The van der Waals surface area contributed by atoms with Gasteiger partial charge in [0.05, 0.1) is 6.54 Å². The van der Waals surface area contributed by atoms with Crippen LogP contribution in [0.25, 0.3) is 0 Å².